The summed E-state index contributed by atoms with van der Waals surface area (Å²) in [5.74, 6) is 0.204. The van der Waals surface area contributed by atoms with E-state index in [1.807, 2.05) is 55.5 Å². The predicted molar refractivity (Wildman–Crippen MR) is 94.6 cm³/mol. The second kappa shape index (κ2) is 6.81. The van der Waals surface area contributed by atoms with Crippen LogP contribution in [0.3, 0.4) is 0 Å². The van der Waals surface area contributed by atoms with Crippen LogP contribution in [0, 0.1) is 6.92 Å². The Labute approximate surface area is 142 Å². The van der Waals surface area contributed by atoms with Crippen molar-refractivity contribution in [1.82, 2.24) is 9.97 Å². The SMILES string of the molecule is Cc1ccc(O)c(C(N)(Cc2ccccn2)Cc2ccccn2)c1. The van der Waals surface area contributed by atoms with E-state index in [0.29, 0.717) is 12.8 Å². The van der Waals surface area contributed by atoms with E-state index in [1.165, 1.54) is 0 Å². The zero-order chi connectivity index (χ0) is 17.0. The molecule has 0 amide bonds. The number of aromatic nitrogens is 2. The lowest BCUT2D eigenvalue weighted by Crippen LogP contribution is -2.42. The summed E-state index contributed by atoms with van der Waals surface area (Å²) in [6.07, 6.45) is 4.54. The number of hydrogen-bond donors (Lipinski definition) is 2. The Bertz CT molecular complexity index is 762. The molecule has 2 heterocycles. The third-order valence-corrected chi connectivity index (χ3v) is 4.13. The number of phenols is 1. The van der Waals surface area contributed by atoms with Gasteiger partial charge in [0.2, 0.25) is 0 Å². The minimum absolute atomic E-state index is 0.204. The lowest BCUT2D eigenvalue weighted by Gasteiger charge is -2.30. The number of hydrogen-bond acceptors (Lipinski definition) is 4. The number of nitrogens with zero attached hydrogens (tertiary/aromatic N) is 2. The standard InChI is InChI=1S/C20H21N3O/c1-15-8-9-19(24)18(12-15)20(21,13-16-6-2-4-10-22-16)14-17-7-3-5-11-23-17/h2-12,24H,13-14,21H2,1H3. The maximum atomic E-state index is 10.4. The van der Waals surface area contributed by atoms with E-state index < -0.39 is 5.54 Å². The Balaban J connectivity index is 2.04. The van der Waals surface area contributed by atoms with Crippen LogP contribution in [0.25, 0.3) is 0 Å². The van der Waals surface area contributed by atoms with Crippen molar-refractivity contribution in [2.45, 2.75) is 25.3 Å². The van der Waals surface area contributed by atoms with Crippen molar-refractivity contribution >= 4 is 0 Å². The van der Waals surface area contributed by atoms with Gasteiger partial charge in [-0.2, -0.15) is 0 Å². The molecule has 0 saturated carbocycles. The molecule has 1 aromatic carbocycles. The Kier molecular flexibility index (Phi) is 4.58. The van der Waals surface area contributed by atoms with Crippen molar-refractivity contribution in [2.24, 2.45) is 5.73 Å². The van der Waals surface area contributed by atoms with Gasteiger partial charge in [0, 0.05) is 42.2 Å². The summed E-state index contributed by atoms with van der Waals surface area (Å²) in [6.45, 7) is 1.99. The van der Waals surface area contributed by atoms with E-state index in [-0.39, 0.29) is 5.75 Å². The molecule has 0 spiro atoms. The van der Waals surface area contributed by atoms with Gasteiger partial charge in [0.15, 0.2) is 0 Å². The van der Waals surface area contributed by atoms with Crippen molar-refractivity contribution in [1.29, 1.82) is 0 Å². The molecule has 3 rings (SSSR count). The van der Waals surface area contributed by atoms with Crippen LogP contribution >= 0.6 is 0 Å². The van der Waals surface area contributed by atoms with Crippen LogP contribution < -0.4 is 5.73 Å². The topological polar surface area (TPSA) is 72.0 Å². The highest BCUT2D eigenvalue weighted by atomic mass is 16.3. The maximum absolute atomic E-state index is 10.4. The van der Waals surface area contributed by atoms with E-state index in [2.05, 4.69) is 9.97 Å². The van der Waals surface area contributed by atoms with Gasteiger partial charge >= 0.3 is 0 Å². The first-order valence-electron chi connectivity index (χ1n) is 7.96. The smallest absolute Gasteiger partial charge is 0.120 e. The molecule has 0 fully saturated rings. The monoisotopic (exact) mass is 319 g/mol. The first-order valence-corrected chi connectivity index (χ1v) is 7.96. The maximum Gasteiger partial charge on any atom is 0.120 e. The zero-order valence-corrected chi connectivity index (χ0v) is 13.7. The molecule has 0 aliphatic heterocycles. The fourth-order valence-electron chi connectivity index (χ4n) is 2.95. The highest BCUT2D eigenvalue weighted by Crippen LogP contribution is 2.33. The number of nitrogens with two attached hydrogens (primary N) is 1. The van der Waals surface area contributed by atoms with Crippen molar-refractivity contribution < 1.29 is 5.11 Å². The Morgan fingerprint density at radius 3 is 2.00 bits per heavy atom. The van der Waals surface area contributed by atoms with E-state index in [0.717, 1.165) is 22.5 Å². The Hall–Kier alpha value is -2.72. The molecular formula is C20H21N3O. The summed E-state index contributed by atoms with van der Waals surface area (Å²) < 4.78 is 0. The number of pyridine rings is 2. The van der Waals surface area contributed by atoms with Crippen LogP contribution in [-0.2, 0) is 18.4 Å². The second-order valence-corrected chi connectivity index (χ2v) is 6.17. The third-order valence-electron chi connectivity index (χ3n) is 4.13. The van der Waals surface area contributed by atoms with Crippen LogP contribution in [0.5, 0.6) is 5.75 Å². The number of phenolic OH excluding ortho intramolecular Hbond substituents is 1. The zero-order valence-electron chi connectivity index (χ0n) is 13.7. The largest absolute Gasteiger partial charge is 0.508 e. The predicted octanol–water partition coefficient (Wildman–Crippen LogP) is 3.13. The van der Waals surface area contributed by atoms with E-state index in [1.54, 1.807) is 18.5 Å². The number of aryl methyl sites for hydroxylation is 1. The summed E-state index contributed by atoms with van der Waals surface area (Å²) in [5.41, 5.74) is 9.57. The molecular weight excluding hydrogens is 298 g/mol. The molecule has 0 bridgehead atoms. The Morgan fingerprint density at radius 1 is 0.917 bits per heavy atom. The van der Waals surface area contributed by atoms with Crippen LogP contribution in [0.15, 0.2) is 67.0 Å². The fraction of sp³-hybridized carbons (Fsp3) is 0.200. The summed E-state index contributed by atoms with van der Waals surface area (Å²) in [4.78, 5) is 8.80. The summed E-state index contributed by atoms with van der Waals surface area (Å²) in [7, 11) is 0. The van der Waals surface area contributed by atoms with Crippen molar-refractivity contribution in [3.8, 4) is 5.75 Å². The van der Waals surface area contributed by atoms with Gasteiger partial charge in [0.25, 0.3) is 0 Å². The molecule has 3 aromatic rings. The molecule has 24 heavy (non-hydrogen) atoms. The minimum Gasteiger partial charge on any atom is -0.508 e. The molecule has 0 atom stereocenters. The van der Waals surface area contributed by atoms with Gasteiger partial charge in [-0.15, -0.1) is 0 Å². The molecule has 0 saturated heterocycles. The normalized spacial score (nSPS) is 11.4. The number of rotatable bonds is 5. The van der Waals surface area contributed by atoms with Crippen LogP contribution in [0.1, 0.15) is 22.5 Å². The summed E-state index contributed by atoms with van der Waals surface area (Å²) in [5, 5.41) is 10.4. The average molecular weight is 319 g/mol. The Morgan fingerprint density at radius 2 is 1.50 bits per heavy atom. The van der Waals surface area contributed by atoms with Crippen LogP contribution in [-0.4, -0.2) is 15.1 Å². The van der Waals surface area contributed by atoms with Crippen molar-refractivity contribution in [2.75, 3.05) is 0 Å². The van der Waals surface area contributed by atoms with Crippen molar-refractivity contribution in [3.05, 3.63) is 89.5 Å². The number of aromatic hydroxyl groups is 1. The quantitative estimate of drug-likeness (QED) is 0.758. The van der Waals surface area contributed by atoms with Gasteiger partial charge in [0.05, 0.1) is 5.54 Å². The molecule has 0 aliphatic carbocycles. The first-order chi connectivity index (χ1) is 11.6. The first kappa shape index (κ1) is 16.1. The minimum atomic E-state index is -0.793. The molecule has 122 valence electrons. The van der Waals surface area contributed by atoms with E-state index >= 15 is 0 Å². The molecule has 0 radical (unpaired) electrons. The van der Waals surface area contributed by atoms with Gasteiger partial charge in [-0.3, -0.25) is 9.97 Å². The molecule has 0 aliphatic rings. The molecule has 0 unspecified atom stereocenters. The van der Waals surface area contributed by atoms with Gasteiger partial charge in [-0.05, 0) is 37.3 Å². The van der Waals surface area contributed by atoms with Crippen LogP contribution in [0.2, 0.25) is 0 Å². The van der Waals surface area contributed by atoms with E-state index in [9.17, 15) is 5.11 Å². The third kappa shape index (κ3) is 3.60. The molecule has 3 N–H and O–H groups in total. The molecule has 2 aromatic heterocycles. The van der Waals surface area contributed by atoms with Crippen molar-refractivity contribution in [3.63, 3.8) is 0 Å². The average Bonchev–Trinajstić information content (AvgIpc) is 2.58. The summed E-state index contributed by atoms with van der Waals surface area (Å²) >= 11 is 0. The van der Waals surface area contributed by atoms with Crippen LogP contribution in [0.4, 0.5) is 0 Å². The number of benzene rings is 1. The molecule has 4 nitrogen and oxygen atoms in total. The van der Waals surface area contributed by atoms with Gasteiger partial charge < -0.3 is 10.8 Å². The molecule has 4 heteroatoms. The lowest BCUT2D eigenvalue weighted by molar-refractivity contribution is 0.391. The van der Waals surface area contributed by atoms with E-state index in [4.69, 9.17) is 5.73 Å². The van der Waals surface area contributed by atoms with Gasteiger partial charge in [-0.25, -0.2) is 0 Å². The van der Waals surface area contributed by atoms with Gasteiger partial charge in [0.1, 0.15) is 5.75 Å². The van der Waals surface area contributed by atoms with Gasteiger partial charge in [-0.1, -0.05) is 29.8 Å². The highest BCUT2D eigenvalue weighted by Gasteiger charge is 2.32. The fourth-order valence-corrected chi connectivity index (χ4v) is 2.95. The second-order valence-electron chi connectivity index (χ2n) is 6.17. The highest BCUT2D eigenvalue weighted by molar-refractivity contribution is 5.42. The lowest BCUT2D eigenvalue weighted by atomic mass is 9.81. The summed E-state index contributed by atoms with van der Waals surface area (Å²) in [6, 6.07) is 17.1.